The predicted molar refractivity (Wildman–Crippen MR) is 89.8 cm³/mol. The van der Waals surface area contributed by atoms with Gasteiger partial charge in [-0.15, -0.1) is 11.8 Å². The van der Waals surface area contributed by atoms with E-state index >= 15 is 0 Å². The number of rotatable bonds is 4. The van der Waals surface area contributed by atoms with Gasteiger partial charge in [0, 0.05) is 31.4 Å². The van der Waals surface area contributed by atoms with Crippen molar-refractivity contribution in [2.45, 2.75) is 18.9 Å². The van der Waals surface area contributed by atoms with Gasteiger partial charge in [0.05, 0.1) is 5.39 Å². The number of carbonyl (C=O) groups is 1. The number of aromatic amines is 1. The molecule has 2 aromatic heterocycles. The zero-order valence-electron chi connectivity index (χ0n) is 12.5. The summed E-state index contributed by atoms with van der Waals surface area (Å²) in [5.41, 5.74) is 0.823. The average molecular weight is 317 g/mol. The van der Waals surface area contributed by atoms with Crippen molar-refractivity contribution in [3.05, 3.63) is 30.1 Å². The summed E-state index contributed by atoms with van der Waals surface area (Å²) in [5, 5.41) is 6.26. The number of aromatic nitrogens is 3. The number of piperidine rings is 1. The maximum atomic E-state index is 12.1. The Morgan fingerprint density at radius 1 is 1.55 bits per heavy atom. The van der Waals surface area contributed by atoms with E-state index in [-0.39, 0.29) is 11.9 Å². The summed E-state index contributed by atoms with van der Waals surface area (Å²) < 4.78 is 0. The van der Waals surface area contributed by atoms with E-state index in [9.17, 15) is 4.79 Å². The Morgan fingerprint density at radius 3 is 3.32 bits per heavy atom. The number of hydrogen-bond donors (Lipinski definition) is 2. The van der Waals surface area contributed by atoms with Gasteiger partial charge < -0.3 is 15.2 Å². The molecule has 1 aliphatic rings. The second-order valence-electron chi connectivity index (χ2n) is 5.27. The van der Waals surface area contributed by atoms with E-state index in [0.717, 1.165) is 36.2 Å². The van der Waals surface area contributed by atoms with E-state index in [0.29, 0.717) is 6.54 Å². The lowest BCUT2D eigenvalue weighted by molar-refractivity contribution is -0.127. The zero-order valence-corrected chi connectivity index (χ0v) is 13.3. The van der Waals surface area contributed by atoms with Crippen molar-refractivity contribution in [1.82, 2.24) is 19.9 Å². The van der Waals surface area contributed by atoms with E-state index in [4.69, 9.17) is 0 Å². The van der Waals surface area contributed by atoms with Crippen LogP contribution in [0.4, 0.5) is 5.82 Å². The highest BCUT2D eigenvalue weighted by molar-refractivity contribution is 8.01. The molecule has 1 amide bonds. The quantitative estimate of drug-likeness (QED) is 0.846. The van der Waals surface area contributed by atoms with E-state index in [2.05, 4.69) is 20.3 Å². The number of carbonyl (C=O) groups excluding carboxylic acids is 1. The molecule has 1 fully saturated rings. The third-order valence-electron chi connectivity index (χ3n) is 3.77. The van der Waals surface area contributed by atoms with E-state index in [1.807, 2.05) is 28.8 Å². The summed E-state index contributed by atoms with van der Waals surface area (Å²) in [5.74, 6) is 0.903. The lowest BCUT2D eigenvalue weighted by Crippen LogP contribution is -2.44. The van der Waals surface area contributed by atoms with Crippen molar-refractivity contribution in [2.75, 3.05) is 24.7 Å². The number of hydrogen-bond acceptors (Lipinski definition) is 5. The minimum Gasteiger partial charge on any atom is -0.365 e. The van der Waals surface area contributed by atoms with E-state index in [1.165, 1.54) is 11.8 Å². The third kappa shape index (κ3) is 3.24. The normalized spacial score (nSPS) is 19.0. The highest BCUT2D eigenvalue weighted by Gasteiger charge is 2.23. The summed E-state index contributed by atoms with van der Waals surface area (Å²) in [6, 6.07) is 2.18. The Morgan fingerprint density at radius 2 is 2.45 bits per heavy atom. The summed E-state index contributed by atoms with van der Waals surface area (Å²) in [4.78, 5) is 25.6. The first-order valence-electron chi connectivity index (χ1n) is 7.31. The topological polar surface area (TPSA) is 73.9 Å². The van der Waals surface area contributed by atoms with Gasteiger partial charge in [-0.3, -0.25) is 4.79 Å². The predicted octanol–water partition coefficient (Wildman–Crippen LogP) is 2.24. The molecule has 1 atom stereocenters. The molecule has 2 N–H and O–H groups in total. The van der Waals surface area contributed by atoms with Crippen molar-refractivity contribution < 1.29 is 4.79 Å². The molecule has 3 heterocycles. The van der Waals surface area contributed by atoms with Crippen molar-refractivity contribution in [3.8, 4) is 0 Å². The van der Waals surface area contributed by atoms with Gasteiger partial charge in [0.15, 0.2) is 0 Å². The second kappa shape index (κ2) is 6.83. The largest absolute Gasteiger partial charge is 0.365 e. The molecule has 0 unspecified atom stereocenters. The number of nitrogens with one attached hydrogen (secondary N) is 2. The van der Waals surface area contributed by atoms with Gasteiger partial charge in [0.2, 0.25) is 5.91 Å². The van der Waals surface area contributed by atoms with Crippen LogP contribution >= 0.6 is 11.8 Å². The number of anilines is 1. The van der Waals surface area contributed by atoms with Crippen LogP contribution in [-0.4, -0.2) is 51.1 Å². The zero-order chi connectivity index (χ0) is 15.4. The second-order valence-corrected chi connectivity index (χ2v) is 6.01. The molecule has 3 rings (SSSR count). The number of nitrogens with zero attached hydrogens (tertiary/aromatic N) is 3. The van der Waals surface area contributed by atoms with E-state index in [1.54, 1.807) is 12.4 Å². The summed E-state index contributed by atoms with van der Waals surface area (Å²) >= 11 is 1.54. The smallest absolute Gasteiger partial charge is 0.247 e. The SMILES string of the molecule is CS/C=C/C(=O)N1CCC[C@@H](Nc2ncnc3[nH]ccc23)C1. The van der Waals surface area contributed by atoms with Crippen LogP contribution in [0, 0.1) is 0 Å². The molecule has 6 nitrogen and oxygen atoms in total. The summed E-state index contributed by atoms with van der Waals surface area (Å²) in [6.07, 6.45) is 9.02. The molecule has 0 aromatic carbocycles. The molecule has 116 valence electrons. The van der Waals surface area contributed by atoms with Gasteiger partial charge in [0.1, 0.15) is 17.8 Å². The summed E-state index contributed by atoms with van der Waals surface area (Å²) in [6.45, 7) is 1.52. The maximum Gasteiger partial charge on any atom is 0.247 e. The first-order chi connectivity index (χ1) is 10.8. The molecule has 22 heavy (non-hydrogen) atoms. The molecule has 0 radical (unpaired) electrons. The van der Waals surface area contributed by atoms with Crippen molar-refractivity contribution >= 4 is 34.5 Å². The van der Waals surface area contributed by atoms with Gasteiger partial charge >= 0.3 is 0 Å². The van der Waals surface area contributed by atoms with Crippen LogP contribution in [0.5, 0.6) is 0 Å². The average Bonchev–Trinajstić information content (AvgIpc) is 3.02. The molecule has 0 bridgehead atoms. The third-order valence-corrected chi connectivity index (χ3v) is 4.18. The van der Waals surface area contributed by atoms with Crippen molar-refractivity contribution in [3.63, 3.8) is 0 Å². The number of H-pyrrole nitrogens is 1. The fourth-order valence-corrected chi connectivity index (χ4v) is 2.96. The minimum atomic E-state index is 0.0790. The molecule has 1 saturated heterocycles. The summed E-state index contributed by atoms with van der Waals surface area (Å²) in [7, 11) is 0. The molecule has 2 aromatic rings. The molecular weight excluding hydrogens is 298 g/mol. The van der Waals surface area contributed by atoms with Gasteiger partial charge in [-0.1, -0.05) is 0 Å². The van der Waals surface area contributed by atoms with Gasteiger partial charge in [0.25, 0.3) is 0 Å². The number of amides is 1. The first kappa shape index (κ1) is 14.9. The van der Waals surface area contributed by atoms with Gasteiger partial charge in [-0.2, -0.15) is 0 Å². The Kier molecular flexibility index (Phi) is 4.62. The lowest BCUT2D eigenvalue weighted by Gasteiger charge is -2.32. The molecule has 0 saturated carbocycles. The van der Waals surface area contributed by atoms with E-state index < -0.39 is 0 Å². The highest BCUT2D eigenvalue weighted by Crippen LogP contribution is 2.21. The van der Waals surface area contributed by atoms with Crippen molar-refractivity contribution in [1.29, 1.82) is 0 Å². The minimum absolute atomic E-state index is 0.0790. The Balaban J connectivity index is 1.69. The standard InChI is InChI=1S/C15H19N5OS/c1-22-8-5-13(21)20-7-2-3-11(9-20)19-15-12-4-6-16-14(12)17-10-18-15/h4-6,8,10-11H,2-3,7,9H2,1H3,(H2,16,17,18,19)/b8-5+/t11-/m1/s1. The van der Waals surface area contributed by atoms with Crippen LogP contribution in [0.2, 0.25) is 0 Å². The molecule has 1 aliphatic heterocycles. The Labute approximate surface area is 133 Å². The fourth-order valence-electron chi connectivity index (χ4n) is 2.71. The van der Waals surface area contributed by atoms with Crippen LogP contribution in [0.15, 0.2) is 30.1 Å². The molecule has 0 aliphatic carbocycles. The maximum absolute atomic E-state index is 12.1. The fraction of sp³-hybridized carbons (Fsp3) is 0.400. The van der Waals surface area contributed by atoms with Gasteiger partial charge in [-0.25, -0.2) is 9.97 Å². The molecule has 0 spiro atoms. The number of thioether (sulfide) groups is 1. The molecular formula is C15H19N5OS. The Bertz CT molecular complexity index is 683. The highest BCUT2D eigenvalue weighted by atomic mass is 32.2. The number of fused-ring (bicyclic) bond motifs is 1. The monoisotopic (exact) mass is 317 g/mol. The van der Waals surface area contributed by atoms with Crippen LogP contribution in [0.25, 0.3) is 11.0 Å². The molecule has 7 heteroatoms. The van der Waals surface area contributed by atoms with Crippen LogP contribution in [-0.2, 0) is 4.79 Å². The van der Waals surface area contributed by atoms with Crippen LogP contribution in [0.1, 0.15) is 12.8 Å². The van der Waals surface area contributed by atoms with Crippen LogP contribution < -0.4 is 5.32 Å². The van der Waals surface area contributed by atoms with Gasteiger partial charge in [-0.05, 0) is 30.6 Å². The first-order valence-corrected chi connectivity index (χ1v) is 8.59. The van der Waals surface area contributed by atoms with Crippen molar-refractivity contribution in [2.24, 2.45) is 0 Å². The Hall–Kier alpha value is -2.02. The van der Waals surface area contributed by atoms with Crippen LogP contribution in [0.3, 0.4) is 0 Å². The number of likely N-dealkylation sites (tertiary alicyclic amines) is 1. The lowest BCUT2D eigenvalue weighted by atomic mass is 10.1.